The Morgan fingerprint density at radius 3 is 2.72 bits per heavy atom. The third-order valence-electron chi connectivity index (χ3n) is 5.47. The lowest BCUT2D eigenvalue weighted by Crippen LogP contribution is -2.41. The van der Waals surface area contributed by atoms with Crippen LogP contribution >= 0.6 is 22.9 Å². The molecule has 1 fully saturated rings. The summed E-state index contributed by atoms with van der Waals surface area (Å²) in [4.78, 5) is 16.9. The zero-order valence-corrected chi connectivity index (χ0v) is 20.1. The Labute approximate surface area is 195 Å². The fraction of sp³-hybridized carbons (Fsp3) is 0.381. The molecule has 4 rings (SSSR count). The highest BCUT2D eigenvalue weighted by molar-refractivity contribution is 7.91. The van der Waals surface area contributed by atoms with Gasteiger partial charge in [0.05, 0.1) is 0 Å². The highest BCUT2D eigenvalue weighted by Crippen LogP contribution is 2.31. The van der Waals surface area contributed by atoms with Gasteiger partial charge in [0.25, 0.3) is 10.0 Å². The van der Waals surface area contributed by atoms with Gasteiger partial charge in [-0.2, -0.15) is 9.29 Å². The van der Waals surface area contributed by atoms with Crippen LogP contribution in [0.2, 0.25) is 5.02 Å². The number of aryl methyl sites for hydroxylation is 2. The average molecular weight is 495 g/mol. The SMILES string of the molecule is CCc1nc(-c2csc(S(=O)(=O)N3CCC(C(=O)Nc4ccc(Cl)cc4C)CC3)c2)no1. The normalized spacial score (nSPS) is 15.7. The maximum atomic E-state index is 13.1. The zero-order chi connectivity index (χ0) is 22.9. The number of benzene rings is 1. The molecule has 0 unspecified atom stereocenters. The van der Waals surface area contributed by atoms with Crippen molar-refractivity contribution in [3.8, 4) is 11.4 Å². The van der Waals surface area contributed by atoms with Crippen LogP contribution in [0, 0.1) is 12.8 Å². The van der Waals surface area contributed by atoms with E-state index in [4.69, 9.17) is 16.1 Å². The Bertz CT molecular complexity index is 1230. The molecule has 1 N–H and O–H groups in total. The average Bonchev–Trinajstić information content (AvgIpc) is 3.45. The van der Waals surface area contributed by atoms with E-state index in [1.807, 2.05) is 13.8 Å². The lowest BCUT2D eigenvalue weighted by atomic mass is 9.97. The number of thiophene rings is 1. The largest absolute Gasteiger partial charge is 0.339 e. The molecule has 8 nitrogen and oxygen atoms in total. The summed E-state index contributed by atoms with van der Waals surface area (Å²) < 4.78 is 33.0. The summed E-state index contributed by atoms with van der Waals surface area (Å²) in [5.41, 5.74) is 2.21. The van der Waals surface area contributed by atoms with Crippen molar-refractivity contribution < 1.29 is 17.7 Å². The second-order valence-corrected chi connectivity index (χ2v) is 11.2. The molecular formula is C21H23ClN4O4S2. The second-order valence-electron chi connectivity index (χ2n) is 7.65. The number of carbonyl (C=O) groups is 1. The van der Waals surface area contributed by atoms with E-state index >= 15 is 0 Å². The van der Waals surface area contributed by atoms with Gasteiger partial charge in [0.2, 0.25) is 17.6 Å². The lowest BCUT2D eigenvalue weighted by molar-refractivity contribution is -0.120. The van der Waals surface area contributed by atoms with Gasteiger partial charge in [-0.25, -0.2) is 8.42 Å². The molecule has 11 heteroatoms. The number of aromatic nitrogens is 2. The van der Waals surface area contributed by atoms with Crippen molar-refractivity contribution in [3.05, 3.63) is 46.1 Å². The number of amides is 1. The first-order valence-electron chi connectivity index (χ1n) is 10.3. The van der Waals surface area contributed by atoms with E-state index in [2.05, 4.69) is 15.5 Å². The van der Waals surface area contributed by atoms with Crippen LogP contribution < -0.4 is 5.32 Å². The molecule has 0 atom stereocenters. The Morgan fingerprint density at radius 1 is 1.31 bits per heavy atom. The van der Waals surface area contributed by atoms with Crippen molar-refractivity contribution in [1.29, 1.82) is 0 Å². The van der Waals surface area contributed by atoms with Crippen LogP contribution in [0.4, 0.5) is 5.69 Å². The summed E-state index contributed by atoms with van der Waals surface area (Å²) >= 11 is 7.10. The van der Waals surface area contributed by atoms with Crippen LogP contribution in [-0.4, -0.2) is 41.9 Å². The van der Waals surface area contributed by atoms with E-state index in [0.717, 1.165) is 16.9 Å². The number of halogens is 1. The second kappa shape index (κ2) is 9.30. The molecule has 0 radical (unpaired) electrons. The van der Waals surface area contributed by atoms with Crippen LogP contribution in [0.25, 0.3) is 11.4 Å². The molecule has 170 valence electrons. The predicted molar refractivity (Wildman–Crippen MR) is 123 cm³/mol. The van der Waals surface area contributed by atoms with E-state index in [0.29, 0.717) is 47.3 Å². The first-order chi connectivity index (χ1) is 15.3. The maximum Gasteiger partial charge on any atom is 0.252 e. The molecule has 0 saturated carbocycles. The number of rotatable bonds is 6. The van der Waals surface area contributed by atoms with Crippen molar-refractivity contribution in [2.45, 2.75) is 37.3 Å². The summed E-state index contributed by atoms with van der Waals surface area (Å²) in [6, 6.07) is 6.87. The van der Waals surface area contributed by atoms with E-state index in [-0.39, 0.29) is 29.1 Å². The third kappa shape index (κ3) is 4.73. The van der Waals surface area contributed by atoms with Gasteiger partial charge in [-0.1, -0.05) is 23.7 Å². The lowest BCUT2D eigenvalue weighted by Gasteiger charge is -2.30. The summed E-state index contributed by atoms with van der Waals surface area (Å²) in [5.74, 6) is 0.536. The number of sulfonamides is 1. The van der Waals surface area contributed by atoms with Crippen molar-refractivity contribution in [2.24, 2.45) is 5.92 Å². The number of piperidine rings is 1. The Hall–Kier alpha value is -2.27. The van der Waals surface area contributed by atoms with E-state index in [1.54, 1.807) is 29.6 Å². The molecule has 1 saturated heterocycles. The quantitative estimate of drug-likeness (QED) is 0.545. The molecule has 0 bridgehead atoms. The monoisotopic (exact) mass is 494 g/mol. The minimum Gasteiger partial charge on any atom is -0.339 e. The van der Waals surface area contributed by atoms with Gasteiger partial charge in [0, 0.05) is 47.1 Å². The number of nitrogens with zero attached hydrogens (tertiary/aromatic N) is 3. The van der Waals surface area contributed by atoms with Crippen molar-refractivity contribution >= 4 is 44.6 Å². The van der Waals surface area contributed by atoms with E-state index < -0.39 is 10.0 Å². The molecule has 0 spiro atoms. The smallest absolute Gasteiger partial charge is 0.252 e. The molecule has 3 aromatic rings. The summed E-state index contributed by atoms with van der Waals surface area (Å²) in [6.07, 6.45) is 1.53. The fourth-order valence-electron chi connectivity index (χ4n) is 3.57. The molecule has 1 aromatic carbocycles. The molecule has 1 aliphatic heterocycles. The Morgan fingerprint density at radius 2 is 2.06 bits per heavy atom. The zero-order valence-electron chi connectivity index (χ0n) is 17.7. The van der Waals surface area contributed by atoms with Gasteiger partial charge in [-0.05, 0) is 49.6 Å². The minimum absolute atomic E-state index is 0.102. The number of nitrogens with one attached hydrogen (secondary N) is 1. The topological polar surface area (TPSA) is 105 Å². The van der Waals surface area contributed by atoms with Gasteiger partial charge in [0.1, 0.15) is 4.21 Å². The fourth-order valence-corrected chi connectivity index (χ4v) is 6.58. The number of carbonyl (C=O) groups excluding carboxylic acids is 1. The molecular weight excluding hydrogens is 472 g/mol. The summed E-state index contributed by atoms with van der Waals surface area (Å²) in [6.45, 7) is 4.36. The highest BCUT2D eigenvalue weighted by atomic mass is 35.5. The molecule has 2 aromatic heterocycles. The number of anilines is 1. The predicted octanol–water partition coefficient (Wildman–Crippen LogP) is 4.36. The third-order valence-corrected chi connectivity index (χ3v) is 9.02. The van der Waals surface area contributed by atoms with Crippen molar-refractivity contribution in [2.75, 3.05) is 18.4 Å². The Balaban J connectivity index is 1.39. The van der Waals surface area contributed by atoms with Gasteiger partial charge in [0.15, 0.2) is 0 Å². The van der Waals surface area contributed by atoms with Crippen LogP contribution in [0.3, 0.4) is 0 Å². The van der Waals surface area contributed by atoms with Crippen LogP contribution in [0.15, 0.2) is 38.4 Å². The Kier molecular flexibility index (Phi) is 6.66. The first-order valence-corrected chi connectivity index (χ1v) is 13.0. The van der Waals surface area contributed by atoms with Gasteiger partial charge in [-0.15, -0.1) is 11.3 Å². The number of hydrogen-bond donors (Lipinski definition) is 1. The summed E-state index contributed by atoms with van der Waals surface area (Å²) in [5, 5.41) is 9.16. The van der Waals surface area contributed by atoms with Gasteiger partial charge in [-0.3, -0.25) is 4.79 Å². The van der Waals surface area contributed by atoms with Crippen LogP contribution in [0.5, 0.6) is 0 Å². The highest BCUT2D eigenvalue weighted by Gasteiger charge is 2.33. The van der Waals surface area contributed by atoms with Crippen molar-refractivity contribution in [1.82, 2.24) is 14.4 Å². The van der Waals surface area contributed by atoms with Crippen molar-refractivity contribution in [3.63, 3.8) is 0 Å². The van der Waals surface area contributed by atoms with E-state index in [1.165, 1.54) is 4.31 Å². The molecule has 1 aliphatic rings. The molecule has 3 heterocycles. The first kappa shape index (κ1) is 22.9. The van der Waals surface area contributed by atoms with Crippen LogP contribution in [-0.2, 0) is 21.2 Å². The van der Waals surface area contributed by atoms with Gasteiger partial charge < -0.3 is 9.84 Å². The molecule has 32 heavy (non-hydrogen) atoms. The van der Waals surface area contributed by atoms with Crippen LogP contribution in [0.1, 0.15) is 31.2 Å². The molecule has 0 aliphatic carbocycles. The minimum atomic E-state index is -3.65. The maximum absolute atomic E-state index is 13.1. The number of hydrogen-bond acceptors (Lipinski definition) is 7. The standard InChI is InChI=1S/C21H23ClN4O4S2/c1-3-18-24-20(25-30-18)15-11-19(31-12-15)32(28,29)26-8-6-14(7-9-26)21(27)23-17-5-4-16(22)10-13(17)2/h4-5,10-12,14H,3,6-9H2,1-2H3,(H,23,27). The van der Waals surface area contributed by atoms with Gasteiger partial charge >= 0.3 is 0 Å². The summed E-state index contributed by atoms with van der Waals surface area (Å²) in [7, 11) is -3.65. The van der Waals surface area contributed by atoms with E-state index in [9.17, 15) is 13.2 Å². The molecule has 1 amide bonds.